The van der Waals surface area contributed by atoms with Crippen LogP contribution in [-0.2, 0) is 11.8 Å². The minimum absolute atomic E-state index is 0.121. The second kappa shape index (κ2) is 8.80. The third-order valence-corrected chi connectivity index (χ3v) is 5.91. The first-order valence-corrected chi connectivity index (χ1v) is 10.8. The standard InChI is InChI=1S/C23H25ClN4O4/c1-13-10-17(14(2)25-19-12-15(24)4-5-16(19)22(30)31)20-18(11-13)21(29)27(3)23(26-20)28-6-8-32-9-7-28/h4-5,10-12,14,25H,6-9H2,1-3H3,(H,30,31)/t14-/m1/s1. The number of aryl methyl sites for hydroxylation is 1. The highest BCUT2D eigenvalue weighted by atomic mass is 35.5. The second-order valence-electron chi connectivity index (χ2n) is 7.99. The topological polar surface area (TPSA) is 96.7 Å². The summed E-state index contributed by atoms with van der Waals surface area (Å²) >= 11 is 6.11. The number of nitrogens with one attached hydrogen (secondary N) is 1. The molecule has 1 atom stereocenters. The molecule has 0 spiro atoms. The Morgan fingerprint density at radius 1 is 1.25 bits per heavy atom. The number of morpholine rings is 1. The van der Waals surface area contributed by atoms with Gasteiger partial charge in [0.15, 0.2) is 0 Å². The maximum absolute atomic E-state index is 13.2. The van der Waals surface area contributed by atoms with E-state index in [9.17, 15) is 14.7 Å². The zero-order valence-corrected chi connectivity index (χ0v) is 18.9. The summed E-state index contributed by atoms with van der Waals surface area (Å²) in [6.07, 6.45) is 0. The lowest BCUT2D eigenvalue weighted by molar-refractivity contribution is 0.0698. The smallest absolute Gasteiger partial charge is 0.337 e. The molecular weight excluding hydrogens is 432 g/mol. The number of carboxylic acid groups (broad SMARTS) is 1. The molecule has 0 radical (unpaired) electrons. The van der Waals surface area contributed by atoms with Crippen molar-refractivity contribution in [1.82, 2.24) is 9.55 Å². The molecule has 0 amide bonds. The molecule has 0 bridgehead atoms. The monoisotopic (exact) mass is 456 g/mol. The number of ether oxygens (including phenoxy) is 1. The van der Waals surface area contributed by atoms with Crippen molar-refractivity contribution in [1.29, 1.82) is 0 Å². The first-order valence-electron chi connectivity index (χ1n) is 10.4. The van der Waals surface area contributed by atoms with Crippen molar-refractivity contribution in [3.8, 4) is 0 Å². The summed E-state index contributed by atoms with van der Waals surface area (Å²) in [6, 6.07) is 8.09. The Labute approximate surface area is 190 Å². The average Bonchev–Trinajstić information content (AvgIpc) is 2.76. The molecular formula is C23H25ClN4O4. The highest BCUT2D eigenvalue weighted by Crippen LogP contribution is 2.30. The fourth-order valence-electron chi connectivity index (χ4n) is 4.05. The van der Waals surface area contributed by atoms with E-state index in [-0.39, 0.29) is 17.2 Å². The van der Waals surface area contributed by atoms with E-state index in [2.05, 4.69) is 5.32 Å². The van der Waals surface area contributed by atoms with Crippen molar-refractivity contribution in [3.05, 3.63) is 62.4 Å². The SMILES string of the molecule is Cc1cc([C@@H](C)Nc2cc(Cl)ccc2C(=O)O)c2nc(N3CCOCC3)n(C)c(=O)c2c1. The van der Waals surface area contributed by atoms with Crippen LogP contribution in [0.15, 0.2) is 35.1 Å². The van der Waals surface area contributed by atoms with Gasteiger partial charge in [-0.15, -0.1) is 0 Å². The number of aromatic carboxylic acids is 1. The number of nitrogens with zero attached hydrogens (tertiary/aromatic N) is 3. The molecule has 2 N–H and O–H groups in total. The maximum atomic E-state index is 13.2. The third kappa shape index (κ3) is 4.16. The molecule has 0 aliphatic carbocycles. The van der Waals surface area contributed by atoms with Crippen molar-refractivity contribution < 1.29 is 14.6 Å². The average molecular weight is 457 g/mol. The van der Waals surface area contributed by atoms with E-state index >= 15 is 0 Å². The van der Waals surface area contributed by atoms with Crippen LogP contribution in [0.3, 0.4) is 0 Å². The van der Waals surface area contributed by atoms with E-state index < -0.39 is 5.97 Å². The normalized spacial score (nSPS) is 15.1. The highest BCUT2D eigenvalue weighted by Gasteiger charge is 2.22. The number of hydrogen-bond donors (Lipinski definition) is 2. The Bertz CT molecular complexity index is 1250. The molecule has 8 nitrogen and oxygen atoms in total. The van der Waals surface area contributed by atoms with E-state index in [1.807, 2.05) is 30.9 Å². The summed E-state index contributed by atoms with van der Waals surface area (Å²) in [5, 5.41) is 13.8. The molecule has 2 heterocycles. The van der Waals surface area contributed by atoms with Gasteiger partial charge >= 0.3 is 5.97 Å². The van der Waals surface area contributed by atoms with Gasteiger partial charge < -0.3 is 20.1 Å². The van der Waals surface area contributed by atoms with Gasteiger partial charge in [0.2, 0.25) is 5.95 Å². The molecule has 1 fully saturated rings. The van der Waals surface area contributed by atoms with Crippen LogP contribution in [0.5, 0.6) is 0 Å². The molecule has 1 saturated heterocycles. The highest BCUT2D eigenvalue weighted by molar-refractivity contribution is 6.31. The van der Waals surface area contributed by atoms with Gasteiger partial charge in [-0.1, -0.05) is 17.7 Å². The lowest BCUT2D eigenvalue weighted by Gasteiger charge is -2.29. The van der Waals surface area contributed by atoms with Crippen LogP contribution in [0.4, 0.5) is 11.6 Å². The van der Waals surface area contributed by atoms with Gasteiger partial charge in [0.1, 0.15) is 0 Å². The first-order chi connectivity index (χ1) is 15.3. The van der Waals surface area contributed by atoms with E-state index in [4.69, 9.17) is 21.3 Å². The largest absolute Gasteiger partial charge is 0.478 e. The minimum Gasteiger partial charge on any atom is -0.478 e. The molecule has 0 unspecified atom stereocenters. The maximum Gasteiger partial charge on any atom is 0.337 e. The summed E-state index contributed by atoms with van der Waals surface area (Å²) in [6.45, 7) is 6.32. The number of carbonyl (C=O) groups is 1. The van der Waals surface area contributed by atoms with Gasteiger partial charge in [0.25, 0.3) is 5.56 Å². The number of halogens is 1. The molecule has 9 heteroatoms. The number of benzene rings is 2. The summed E-state index contributed by atoms with van der Waals surface area (Å²) in [4.78, 5) is 31.8. The van der Waals surface area contributed by atoms with Crippen LogP contribution < -0.4 is 15.8 Å². The summed E-state index contributed by atoms with van der Waals surface area (Å²) in [5.41, 5.74) is 2.73. The number of aromatic nitrogens is 2. The lowest BCUT2D eigenvalue weighted by atomic mass is 10.0. The molecule has 1 aliphatic rings. The van der Waals surface area contributed by atoms with Crippen molar-refractivity contribution in [3.63, 3.8) is 0 Å². The number of rotatable bonds is 5. The summed E-state index contributed by atoms with van der Waals surface area (Å²) in [7, 11) is 1.73. The summed E-state index contributed by atoms with van der Waals surface area (Å²) in [5.74, 6) is -0.454. The van der Waals surface area contributed by atoms with Gasteiger partial charge in [-0.3, -0.25) is 9.36 Å². The Morgan fingerprint density at radius 3 is 2.66 bits per heavy atom. The van der Waals surface area contributed by atoms with E-state index in [0.29, 0.717) is 53.9 Å². The molecule has 32 heavy (non-hydrogen) atoms. The Balaban J connectivity index is 1.83. The van der Waals surface area contributed by atoms with Gasteiger partial charge in [-0.25, -0.2) is 9.78 Å². The fraction of sp³-hybridized carbons (Fsp3) is 0.348. The van der Waals surface area contributed by atoms with Gasteiger partial charge in [-0.2, -0.15) is 0 Å². The van der Waals surface area contributed by atoms with Crippen molar-refractivity contribution in [2.75, 3.05) is 36.5 Å². The Morgan fingerprint density at radius 2 is 1.97 bits per heavy atom. The van der Waals surface area contributed by atoms with Crippen LogP contribution in [0.25, 0.3) is 10.9 Å². The van der Waals surface area contributed by atoms with Crippen molar-refractivity contribution in [2.45, 2.75) is 19.9 Å². The zero-order chi connectivity index (χ0) is 23.0. The zero-order valence-electron chi connectivity index (χ0n) is 18.2. The number of anilines is 2. The number of fused-ring (bicyclic) bond motifs is 1. The van der Waals surface area contributed by atoms with Gasteiger partial charge in [0, 0.05) is 30.7 Å². The molecule has 3 aromatic rings. The predicted molar refractivity (Wildman–Crippen MR) is 125 cm³/mol. The minimum atomic E-state index is -1.05. The fourth-order valence-corrected chi connectivity index (χ4v) is 4.22. The Hall–Kier alpha value is -3.10. The molecule has 4 rings (SSSR count). The van der Waals surface area contributed by atoms with E-state index in [1.54, 1.807) is 23.7 Å². The van der Waals surface area contributed by atoms with Crippen molar-refractivity contribution >= 4 is 40.1 Å². The second-order valence-corrected chi connectivity index (χ2v) is 8.42. The molecule has 1 aromatic heterocycles. The van der Waals surface area contributed by atoms with Crippen molar-refractivity contribution in [2.24, 2.45) is 7.05 Å². The molecule has 2 aromatic carbocycles. The first kappa shape index (κ1) is 22.1. The van der Waals surface area contributed by atoms with E-state index in [0.717, 1.165) is 11.1 Å². The number of carboxylic acids is 1. The van der Waals surface area contributed by atoms with Gasteiger partial charge in [-0.05, 0) is 43.7 Å². The van der Waals surface area contributed by atoms with E-state index in [1.165, 1.54) is 6.07 Å². The Kier molecular flexibility index (Phi) is 6.08. The lowest BCUT2D eigenvalue weighted by Crippen LogP contribution is -2.40. The van der Waals surface area contributed by atoms with Crippen LogP contribution in [0.1, 0.15) is 34.5 Å². The van der Waals surface area contributed by atoms with Crippen LogP contribution >= 0.6 is 11.6 Å². The summed E-state index contributed by atoms with van der Waals surface area (Å²) < 4.78 is 7.02. The predicted octanol–water partition coefficient (Wildman–Crippen LogP) is 3.60. The molecule has 168 valence electrons. The van der Waals surface area contributed by atoms with Crippen LogP contribution in [0, 0.1) is 6.92 Å². The quantitative estimate of drug-likeness (QED) is 0.605. The van der Waals surface area contributed by atoms with Gasteiger partial charge in [0.05, 0.1) is 41.4 Å². The molecule has 0 saturated carbocycles. The van der Waals surface area contributed by atoms with Crippen LogP contribution in [-0.4, -0.2) is 46.9 Å². The number of hydrogen-bond acceptors (Lipinski definition) is 6. The molecule has 1 aliphatic heterocycles. The van der Waals surface area contributed by atoms with Crippen LogP contribution in [0.2, 0.25) is 5.02 Å². The third-order valence-electron chi connectivity index (χ3n) is 5.68.